The number of aromatic nitrogens is 2. The molecular weight excluding hydrogens is 408 g/mol. The van der Waals surface area contributed by atoms with Crippen molar-refractivity contribution in [2.24, 2.45) is 13.0 Å². The fourth-order valence-corrected chi connectivity index (χ4v) is 2.26. The Morgan fingerprint density at radius 2 is 2.00 bits per heavy atom. The first-order chi connectivity index (χ1) is 9.16. The van der Waals surface area contributed by atoms with Crippen molar-refractivity contribution in [3.05, 3.63) is 34.9 Å². The van der Waals surface area contributed by atoms with Crippen molar-refractivity contribution in [3.63, 3.8) is 0 Å². The van der Waals surface area contributed by atoms with Crippen LogP contribution in [0.4, 0.5) is 0 Å². The molecule has 2 aromatic rings. The van der Waals surface area contributed by atoms with E-state index < -0.39 is 0 Å². The summed E-state index contributed by atoms with van der Waals surface area (Å²) in [5, 5.41) is 0. The van der Waals surface area contributed by atoms with Crippen molar-refractivity contribution in [1.82, 2.24) is 9.55 Å². The van der Waals surface area contributed by atoms with Gasteiger partial charge in [0.1, 0.15) is 0 Å². The van der Waals surface area contributed by atoms with Gasteiger partial charge in [0.2, 0.25) is 5.78 Å². The van der Waals surface area contributed by atoms with Gasteiger partial charge in [-0.05, 0) is 31.0 Å². The van der Waals surface area contributed by atoms with Crippen molar-refractivity contribution in [3.8, 4) is 0 Å². The number of aryl methyl sites for hydroxylation is 1. The number of rotatable bonds is 2. The Labute approximate surface area is 159 Å². The van der Waals surface area contributed by atoms with Gasteiger partial charge in [0.05, 0.1) is 11.0 Å². The molecule has 2 saturated carbocycles. The van der Waals surface area contributed by atoms with E-state index in [4.69, 9.17) is 0 Å². The molecule has 0 aliphatic heterocycles. The molecule has 0 atom stereocenters. The van der Waals surface area contributed by atoms with Crippen molar-refractivity contribution >= 4 is 55.8 Å². The number of benzene rings is 1. The summed E-state index contributed by atoms with van der Waals surface area (Å²) in [5.74, 6) is 1.00. The van der Waals surface area contributed by atoms with Crippen LogP contribution in [-0.4, -0.2) is 38.4 Å². The Morgan fingerprint density at radius 1 is 1.38 bits per heavy atom. The minimum Gasteiger partial charge on any atom is -1.00 e. The van der Waals surface area contributed by atoms with E-state index in [9.17, 15) is 4.79 Å². The number of carbonyl (C=O) groups excluding carboxylic acids is 1. The van der Waals surface area contributed by atoms with Crippen LogP contribution in [0.1, 0.15) is 36.3 Å². The first-order valence-electron chi connectivity index (χ1n) is 6.64. The second kappa shape index (κ2) is 8.08. The van der Waals surface area contributed by atoms with Crippen LogP contribution in [0.3, 0.4) is 0 Å². The Kier molecular flexibility index (Phi) is 7.37. The maximum absolute atomic E-state index is 12.0. The van der Waals surface area contributed by atoms with Gasteiger partial charge >= 0.3 is 23.1 Å². The number of fused-ring (bicyclic) bond motifs is 1. The Bertz CT molecular complexity index is 633. The summed E-state index contributed by atoms with van der Waals surface area (Å²) in [4.78, 5) is 16.4. The zero-order valence-electron chi connectivity index (χ0n) is 12.0. The van der Waals surface area contributed by atoms with Crippen LogP contribution < -0.4 is 17.0 Å². The van der Waals surface area contributed by atoms with E-state index in [1.165, 1.54) is 12.8 Å². The van der Waals surface area contributed by atoms with Gasteiger partial charge in [0.25, 0.3) is 0 Å². The molecule has 0 saturated heterocycles. The molecule has 1 aromatic carbocycles. The molecule has 1 aromatic heterocycles. The van der Waals surface area contributed by atoms with Crippen LogP contribution in [0.15, 0.2) is 22.7 Å². The van der Waals surface area contributed by atoms with Crippen LogP contribution in [-0.2, 0) is 7.05 Å². The summed E-state index contributed by atoms with van der Waals surface area (Å²) in [6.07, 6.45) is 7.04. The molecule has 6 heteroatoms. The number of ketones is 1. The first-order valence-corrected chi connectivity index (χ1v) is 7.44. The van der Waals surface area contributed by atoms with E-state index in [-0.39, 0.29) is 51.7 Å². The normalized spacial score (nSPS) is 15.3. The van der Waals surface area contributed by atoms with Gasteiger partial charge in [-0.25, -0.2) is 17.8 Å². The number of imidazole rings is 1. The monoisotopic (exact) mass is 422 g/mol. The Balaban J connectivity index is 0.000000395. The van der Waals surface area contributed by atoms with Crippen LogP contribution >= 0.6 is 15.9 Å². The number of nitrogens with zero attached hydrogens (tertiary/aromatic N) is 2. The van der Waals surface area contributed by atoms with Gasteiger partial charge in [0, 0.05) is 17.4 Å². The fraction of sp³-hybridized carbons (Fsp3) is 0.400. The maximum atomic E-state index is 12.0. The average Bonchev–Trinajstić information content (AvgIpc) is 3.29. The van der Waals surface area contributed by atoms with E-state index in [2.05, 4.69) is 27.3 Å². The summed E-state index contributed by atoms with van der Waals surface area (Å²) in [5.41, 5.74) is 1.88. The summed E-state index contributed by atoms with van der Waals surface area (Å²) >= 11 is 3.43. The van der Waals surface area contributed by atoms with Gasteiger partial charge in [-0.3, -0.25) is 4.79 Å². The molecule has 0 radical (unpaired) electrons. The molecule has 0 unspecified atom stereocenters. The number of carbonyl (C=O) groups is 1. The standard InChI is InChI=1S/C12H11BrN2O.C3H5.BrH.Mg/c1-15-10-6-8(13)4-5-9(10)14-12(15)11(16)7-2-3-7;1-2-3-1;;/h4-7H,2-3H2,1H3;1H,2-3H2;1H;/q;-1;;+2/p-1. The summed E-state index contributed by atoms with van der Waals surface area (Å²) in [7, 11) is 1.90. The molecule has 2 aliphatic carbocycles. The van der Waals surface area contributed by atoms with Gasteiger partial charge in [0.15, 0.2) is 5.82 Å². The molecule has 0 spiro atoms. The van der Waals surface area contributed by atoms with Crippen LogP contribution in [0, 0.1) is 12.3 Å². The van der Waals surface area contributed by atoms with Crippen molar-refractivity contribution < 1.29 is 21.8 Å². The number of hydrogen-bond donors (Lipinski definition) is 0. The molecule has 0 bridgehead atoms. The topological polar surface area (TPSA) is 34.9 Å². The van der Waals surface area contributed by atoms with Crippen molar-refractivity contribution in [2.75, 3.05) is 0 Å². The predicted molar refractivity (Wildman–Crippen MR) is 84.8 cm³/mol. The van der Waals surface area contributed by atoms with E-state index in [0.29, 0.717) is 5.82 Å². The van der Waals surface area contributed by atoms with E-state index in [0.717, 1.165) is 28.3 Å². The predicted octanol–water partition coefficient (Wildman–Crippen LogP) is 0.536. The van der Waals surface area contributed by atoms with Gasteiger partial charge in [-0.2, -0.15) is 0 Å². The first kappa shape index (κ1) is 19.1. The second-order valence-electron chi connectivity index (χ2n) is 5.13. The van der Waals surface area contributed by atoms with E-state index >= 15 is 0 Å². The average molecular weight is 424 g/mol. The summed E-state index contributed by atoms with van der Waals surface area (Å²) < 4.78 is 2.90. The third-order valence-electron chi connectivity index (χ3n) is 3.30. The van der Waals surface area contributed by atoms with Gasteiger partial charge < -0.3 is 28.0 Å². The van der Waals surface area contributed by atoms with Crippen molar-refractivity contribution in [1.29, 1.82) is 0 Å². The smallest absolute Gasteiger partial charge is 1.00 e. The Hall–Kier alpha value is 0.0862. The zero-order valence-corrected chi connectivity index (χ0v) is 16.6. The van der Waals surface area contributed by atoms with E-state index in [1.54, 1.807) is 0 Å². The molecule has 4 rings (SSSR count). The number of Topliss-reactive ketones (excluding diaryl/α,β-unsaturated/α-hetero) is 1. The summed E-state index contributed by atoms with van der Waals surface area (Å²) in [6, 6.07) is 5.87. The number of hydrogen-bond acceptors (Lipinski definition) is 2. The molecule has 0 amide bonds. The fourth-order valence-electron chi connectivity index (χ4n) is 1.91. The zero-order chi connectivity index (χ0) is 13.4. The molecule has 1 heterocycles. The molecular formula is C15H16Br2MgN2O. The van der Waals surface area contributed by atoms with Crippen LogP contribution in [0.25, 0.3) is 11.0 Å². The second-order valence-corrected chi connectivity index (χ2v) is 6.05. The molecule has 2 aliphatic rings. The minimum absolute atomic E-state index is 0. The largest absolute Gasteiger partial charge is 2.00 e. The maximum Gasteiger partial charge on any atom is 2.00 e. The molecule has 21 heavy (non-hydrogen) atoms. The van der Waals surface area contributed by atoms with Crippen LogP contribution in [0.5, 0.6) is 0 Å². The van der Waals surface area contributed by atoms with Crippen LogP contribution in [0.2, 0.25) is 0 Å². The minimum atomic E-state index is 0. The Morgan fingerprint density at radius 3 is 2.52 bits per heavy atom. The molecule has 0 N–H and O–H groups in total. The SMILES string of the molecule is Cn1c(C(=O)C2CC2)nc2ccc(Br)cc21.[Br-].[CH-]1CC1.[Mg+2]. The quantitative estimate of drug-likeness (QED) is 0.401. The van der Waals surface area contributed by atoms with Gasteiger partial charge in [-0.1, -0.05) is 15.9 Å². The third-order valence-corrected chi connectivity index (χ3v) is 3.79. The molecule has 108 valence electrons. The summed E-state index contributed by atoms with van der Waals surface area (Å²) in [6.45, 7) is 0. The number of halogens is 2. The third kappa shape index (κ3) is 4.78. The molecule has 2 fully saturated rings. The van der Waals surface area contributed by atoms with E-state index in [1.807, 2.05) is 29.8 Å². The van der Waals surface area contributed by atoms with Gasteiger partial charge in [-0.15, -0.1) is 0 Å². The molecule has 3 nitrogen and oxygen atoms in total. The van der Waals surface area contributed by atoms with Crippen molar-refractivity contribution in [2.45, 2.75) is 25.7 Å².